The van der Waals surface area contributed by atoms with Crippen molar-refractivity contribution in [3.05, 3.63) is 23.7 Å². The van der Waals surface area contributed by atoms with Gasteiger partial charge in [0.15, 0.2) is 5.78 Å². The molecule has 0 N–H and O–H groups in total. The van der Waals surface area contributed by atoms with E-state index in [1.54, 1.807) is 13.2 Å². The number of hydrogen-bond donors (Lipinski definition) is 0. The minimum Gasteiger partial charge on any atom is -0.469 e. The zero-order valence-electron chi connectivity index (χ0n) is 11.1. The van der Waals surface area contributed by atoms with Gasteiger partial charge in [-0.15, -0.1) is 0 Å². The normalized spacial score (nSPS) is 10.7. The van der Waals surface area contributed by atoms with Crippen molar-refractivity contribution in [3.63, 3.8) is 0 Å². The Hall–Kier alpha value is -1.62. The van der Waals surface area contributed by atoms with E-state index in [0.29, 0.717) is 13.2 Å². The van der Waals surface area contributed by atoms with Gasteiger partial charge in [0.25, 0.3) is 0 Å². The van der Waals surface area contributed by atoms with E-state index < -0.39 is 5.97 Å². The Kier molecular flexibility index (Phi) is 5.58. The standard InChI is InChI=1S/C13H19NO4/c1-4-17-13(16)7-12(15)9-14(3)8-11-5-6-18-10(11)2/h5-6H,4,7-9H2,1-3H3. The molecule has 0 aromatic carbocycles. The summed E-state index contributed by atoms with van der Waals surface area (Å²) in [5.41, 5.74) is 1.04. The van der Waals surface area contributed by atoms with Crippen LogP contribution in [0.4, 0.5) is 0 Å². The van der Waals surface area contributed by atoms with Crippen LogP contribution in [0, 0.1) is 6.92 Å². The van der Waals surface area contributed by atoms with Crippen molar-refractivity contribution >= 4 is 11.8 Å². The van der Waals surface area contributed by atoms with Crippen LogP contribution in [0.1, 0.15) is 24.7 Å². The number of aryl methyl sites for hydroxylation is 1. The smallest absolute Gasteiger partial charge is 0.313 e. The molecule has 5 nitrogen and oxygen atoms in total. The number of Topliss-reactive ketones (excluding diaryl/α,β-unsaturated/α-hetero) is 1. The van der Waals surface area contributed by atoms with Crippen LogP contribution in [0.15, 0.2) is 16.7 Å². The van der Waals surface area contributed by atoms with Crippen LogP contribution < -0.4 is 0 Å². The van der Waals surface area contributed by atoms with Crippen LogP contribution in [-0.4, -0.2) is 36.9 Å². The van der Waals surface area contributed by atoms with Gasteiger partial charge in [0, 0.05) is 12.1 Å². The number of ether oxygens (including phenoxy) is 1. The summed E-state index contributed by atoms with van der Waals surface area (Å²) in [6, 6.07) is 1.88. The van der Waals surface area contributed by atoms with Gasteiger partial charge < -0.3 is 9.15 Å². The first-order valence-electron chi connectivity index (χ1n) is 5.91. The molecule has 0 radical (unpaired) electrons. The average molecular weight is 253 g/mol. The maximum atomic E-state index is 11.6. The fraction of sp³-hybridized carbons (Fsp3) is 0.538. The van der Waals surface area contributed by atoms with E-state index in [-0.39, 0.29) is 18.7 Å². The van der Waals surface area contributed by atoms with Gasteiger partial charge in [-0.3, -0.25) is 14.5 Å². The molecular weight excluding hydrogens is 234 g/mol. The van der Waals surface area contributed by atoms with Gasteiger partial charge in [-0.1, -0.05) is 0 Å². The Morgan fingerprint density at radius 3 is 2.72 bits per heavy atom. The van der Waals surface area contributed by atoms with Crippen LogP contribution in [0.5, 0.6) is 0 Å². The topological polar surface area (TPSA) is 59.8 Å². The molecule has 1 rings (SSSR count). The minimum atomic E-state index is -0.463. The van der Waals surface area contributed by atoms with Crippen molar-refractivity contribution in [1.82, 2.24) is 4.90 Å². The molecule has 0 aliphatic carbocycles. The average Bonchev–Trinajstić information content (AvgIpc) is 2.64. The number of rotatable bonds is 7. The first-order chi connectivity index (χ1) is 8.52. The van der Waals surface area contributed by atoms with Crippen molar-refractivity contribution in [2.24, 2.45) is 0 Å². The molecule has 0 amide bonds. The van der Waals surface area contributed by atoms with Crippen molar-refractivity contribution < 1.29 is 18.7 Å². The number of hydrogen-bond acceptors (Lipinski definition) is 5. The van der Waals surface area contributed by atoms with Crippen LogP contribution in [-0.2, 0) is 20.9 Å². The zero-order chi connectivity index (χ0) is 13.5. The van der Waals surface area contributed by atoms with Gasteiger partial charge in [0.2, 0.25) is 0 Å². The number of nitrogens with zero attached hydrogens (tertiary/aromatic N) is 1. The largest absolute Gasteiger partial charge is 0.469 e. The lowest BCUT2D eigenvalue weighted by molar-refractivity contribution is -0.145. The lowest BCUT2D eigenvalue weighted by atomic mass is 10.2. The Morgan fingerprint density at radius 1 is 1.44 bits per heavy atom. The van der Waals surface area contributed by atoms with Gasteiger partial charge in [0.1, 0.15) is 12.2 Å². The van der Waals surface area contributed by atoms with Gasteiger partial charge in [0.05, 0.1) is 19.4 Å². The van der Waals surface area contributed by atoms with Crippen LogP contribution in [0.2, 0.25) is 0 Å². The summed E-state index contributed by atoms with van der Waals surface area (Å²) >= 11 is 0. The predicted octanol–water partition coefficient (Wildman–Crippen LogP) is 1.54. The predicted molar refractivity (Wildman–Crippen MR) is 66.0 cm³/mol. The summed E-state index contributed by atoms with van der Waals surface area (Å²) < 4.78 is 9.91. The van der Waals surface area contributed by atoms with Gasteiger partial charge in [-0.25, -0.2) is 0 Å². The molecule has 100 valence electrons. The third-order valence-corrected chi connectivity index (χ3v) is 2.50. The molecule has 18 heavy (non-hydrogen) atoms. The summed E-state index contributed by atoms with van der Waals surface area (Å²) in [6.45, 7) is 4.75. The first kappa shape index (κ1) is 14.4. The van der Waals surface area contributed by atoms with Crippen molar-refractivity contribution in [2.75, 3.05) is 20.2 Å². The van der Waals surface area contributed by atoms with Crippen LogP contribution in [0.25, 0.3) is 0 Å². The highest BCUT2D eigenvalue weighted by Crippen LogP contribution is 2.10. The number of carbonyl (C=O) groups excluding carboxylic acids is 2. The molecule has 0 unspecified atom stereocenters. The van der Waals surface area contributed by atoms with Crippen molar-refractivity contribution in [2.45, 2.75) is 26.8 Å². The monoisotopic (exact) mass is 253 g/mol. The Morgan fingerprint density at radius 2 is 2.17 bits per heavy atom. The number of furan rings is 1. The number of ketones is 1. The molecule has 0 aliphatic heterocycles. The van der Waals surface area contributed by atoms with Crippen LogP contribution >= 0.6 is 0 Å². The molecule has 0 fully saturated rings. The van der Waals surface area contributed by atoms with Crippen LogP contribution in [0.3, 0.4) is 0 Å². The summed E-state index contributed by atoms with van der Waals surface area (Å²) in [4.78, 5) is 24.6. The fourth-order valence-corrected chi connectivity index (χ4v) is 1.65. The summed E-state index contributed by atoms with van der Waals surface area (Å²) in [6.07, 6.45) is 1.46. The maximum absolute atomic E-state index is 11.6. The number of esters is 1. The molecule has 1 heterocycles. The molecule has 0 atom stereocenters. The minimum absolute atomic E-state index is 0.142. The quantitative estimate of drug-likeness (QED) is 0.545. The number of carbonyl (C=O) groups is 2. The Balaban J connectivity index is 2.36. The maximum Gasteiger partial charge on any atom is 0.313 e. The lowest BCUT2D eigenvalue weighted by Gasteiger charge is -2.14. The third-order valence-electron chi connectivity index (χ3n) is 2.50. The summed E-state index contributed by atoms with van der Waals surface area (Å²) in [7, 11) is 1.83. The highest BCUT2D eigenvalue weighted by Gasteiger charge is 2.13. The Bertz CT molecular complexity index is 411. The van der Waals surface area contributed by atoms with Gasteiger partial charge in [-0.05, 0) is 27.0 Å². The van der Waals surface area contributed by atoms with Crippen molar-refractivity contribution in [3.8, 4) is 0 Å². The lowest BCUT2D eigenvalue weighted by Crippen LogP contribution is -2.27. The van der Waals surface area contributed by atoms with E-state index in [9.17, 15) is 9.59 Å². The van der Waals surface area contributed by atoms with E-state index in [2.05, 4.69) is 0 Å². The SMILES string of the molecule is CCOC(=O)CC(=O)CN(C)Cc1ccoc1C. The second-order valence-corrected chi connectivity index (χ2v) is 4.19. The van der Waals surface area contributed by atoms with E-state index >= 15 is 0 Å². The second kappa shape index (κ2) is 6.96. The van der Waals surface area contributed by atoms with Crippen molar-refractivity contribution in [1.29, 1.82) is 0 Å². The molecule has 0 saturated heterocycles. The molecule has 5 heteroatoms. The highest BCUT2D eigenvalue weighted by atomic mass is 16.5. The van der Waals surface area contributed by atoms with E-state index in [4.69, 9.17) is 9.15 Å². The number of likely N-dealkylation sites (N-methyl/N-ethyl adjacent to an activating group) is 1. The van der Waals surface area contributed by atoms with E-state index in [1.807, 2.05) is 24.9 Å². The fourth-order valence-electron chi connectivity index (χ4n) is 1.65. The summed E-state index contributed by atoms with van der Waals surface area (Å²) in [5, 5.41) is 0. The summed E-state index contributed by atoms with van der Waals surface area (Å²) in [5.74, 6) is 0.243. The van der Waals surface area contributed by atoms with Gasteiger partial charge >= 0.3 is 5.97 Å². The van der Waals surface area contributed by atoms with E-state index in [1.165, 1.54) is 0 Å². The van der Waals surface area contributed by atoms with E-state index in [0.717, 1.165) is 11.3 Å². The second-order valence-electron chi connectivity index (χ2n) is 4.19. The Labute approximate surface area is 107 Å². The molecule has 0 saturated carbocycles. The molecule has 0 spiro atoms. The van der Waals surface area contributed by atoms with Gasteiger partial charge in [-0.2, -0.15) is 0 Å². The molecule has 0 aliphatic rings. The zero-order valence-corrected chi connectivity index (χ0v) is 11.1. The highest BCUT2D eigenvalue weighted by molar-refractivity contribution is 5.96. The molecule has 1 aromatic heterocycles. The third kappa shape index (κ3) is 4.71. The molecule has 1 aromatic rings. The first-order valence-corrected chi connectivity index (χ1v) is 5.91. The molecular formula is C13H19NO4. The molecule has 0 bridgehead atoms.